The quantitative estimate of drug-likeness (QED) is 0.235. The molecule has 2 aliphatic heterocycles. The van der Waals surface area contributed by atoms with Gasteiger partial charge in [-0.25, -0.2) is 19.9 Å². The molecular weight excluding hydrogens is 540 g/mol. The van der Waals surface area contributed by atoms with E-state index in [4.69, 9.17) is 19.3 Å². The minimum Gasteiger partial charge on any atom is -0.460 e. The highest BCUT2D eigenvalue weighted by Crippen LogP contribution is 2.34. The molecule has 16 heteroatoms. The summed E-state index contributed by atoms with van der Waals surface area (Å²) in [5.41, 5.74) is 0.817. The zero-order chi connectivity index (χ0) is 29.4. The first-order valence-corrected chi connectivity index (χ1v) is 13.2. The molecule has 0 saturated carbocycles. The van der Waals surface area contributed by atoms with Crippen molar-refractivity contribution in [3.63, 3.8) is 0 Å². The minimum absolute atomic E-state index is 0.172. The molecule has 0 amide bonds. The number of imidazole rings is 2. The minimum atomic E-state index is -0.740. The van der Waals surface area contributed by atoms with E-state index in [-0.39, 0.29) is 53.2 Å². The predicted octanol–water partition coefficient (Wildman–Crippen LogP) is 0.126. The number of H-pyrrole nitrogens is 2. The van der Waals surface area contributed by atoms with Crippen molar-refractivity contribution in [3.05, 3.63) is 45.0 Å². The highest BCUT2D eigenvalue weighted by atomic mass is 16.6. The average Bonchev–Trinajstić information content (AvgIpc) is 3.68. The first-order chi connectivity index (χ1) is 19.6. The fourth-order valence-electron chi connectivity index (χ4n) is 5.11. The topological polar surface area (TPSA) is 212 Å². The Labute approximate surface area is 232 Å². The van der Waals surface area contributed by atoms with Crippen molar-refractivity contribution >= 4 is 28.3 Å². The maximum absolute atomic E-state index is 11.9. The van der Waals surface area contributed by atoms with Crippen LogP contribution in [0.2, 0.25) is 0 Å². The molecular formula is C25H32N8O8. The van der Waals surface area contributed by atoms with Crippen LogP contribution in [0.5, 0.6) is 0 Å². The Kier molecular flexibility index (Phi) is 7.99. The number of nitrogens with zero attached hydrogens (tertiary/aromatic N) is 6. The molecule has 4 N–H and O–H groups in total. The second kappa shape index (κ2) is 11.5. The van der Waals surface area contributed by atoms with Crippen molar-refractivity contribution in [3.8, 4) is 0 Å². The molecule has 0 bridgehead atoms. The molecule has 16 nitrogen and oxygen atoms in total. The number of carbonyl (C=O) groups is 1. The lowest BCUT2D eigenvalue weighted by Gasteiger charge is -2.15. The van der Waals surface area contributed by atoms with Gasteiger partial charge in [-0.15, -0.1) is 0 Å². The summed E-state index contributed by atoms with van der Waals surface area (Å²) < 4.78 is 20.1. The predicted molar refractivity (Wildman–Crippen MR) is 142 cm³/mol. The summed E-state index contributed by atoms with van der Waals surface area (Å²) in [6.07, 6.45) is 1.90. The van der Waals surface area contributed by atoms with Gasteiger partial charge in [0.1, 0.15) is 36.3 Å². The number of fused-ring (bicyclic) bond motifs is 2. The Bertz CT molecular complexity index is 1680. The Morgan fingerprint density at radius 2 is 1.49 bits per heavy atom. The number of hydrogen-bond acceptors (Lipinski definition) is 12. The number of aromatic nitrogens is 8. The maximum Gasteiger partial charge on any atom is 0.302 e. The summed E-state index contributed by atoms with van der Waals surface area (Å²) in [5, 5.41) is 18.8. The third-order valence-electron chi connectivity index (χ3n) is 7.01. The maximum atomic E-state index is 11.9. The Hall–Kier alpha value is -3.99. The molecule has 2 unspecified atom stereocenters. The normalized spacial score (nSPS) is 25.9. The van der Waals surface area contributed by atoms with Crippen LogP contribution in [0.15, 0.2) is 22.2 Å². The summed E-state index contributed by atoms with van der Waals surface area (Å²) in [7, 11) is 0. The summed E-state index contributed by atoms with van der Waals surface area (Å²) in [5.74, 6) is 0.672. The number of esters is 1. The average molecular weight is 573 g/mol. The number of aliphatic hydroxyl groups excluding tert-OH is 2. The molecule has 0 aliphatic carbocycles. The van der Waals surface area contributed by atoms with Gasteiger partial charge in [0.05, 0.1) is 31.5 Å². The van der Waals surface area contributed by atoms with E-state index in [2.05, 4.69) is 29.9 Å². The van der Waals surface area contributed by atoms with Gasteiger partial charge in [-0.3, -0.25) is 23.5 Å². The van der Waals surface area contributed by atoms with E-state index in [0.29, 0.717) is 35.8 Å². The number of nitrogens with one attached hydrogen (secondary N) is 2. The SMILES string of the molecule is CC[C@H]1OC(n2cnc3c(=O)[nH]c(C)nc32)C[C@@H]1OC(C)=O.Cc1nc2c(ncn2C2C[C@H](O)[C@@H](CO)O2)c(=O)[nH]1. The van der Waals surface area contributed by atoms with Gasteiger partial charge in [-0.2, -0.15) is 0 Å². The van der Waals surface area contributed by atoms with Crippen LogP contribution in [0.4, 0.5) is 0 Å². The molecule has 2 fully saturated rings. The van der Waals surface area contributed by atoms with Crippen molar-refractivity contribution in [1.82, 2.24) is 39.0 Å². The molecule has 6 atom stereocenters. The van der Waals surface area contributed by atoms with Crippen LogP contribution in [-0.2, 0) is 19.0 Å². The lowest BCUT2D eigenvalue weighted by atomic mass is 10.1. The summed E-state index contributed by atoms with van der Waals surface area (Å²) in [6, 6.07) is 0. The van der Waals surface area contributed by atoms with Crippen LogP contribution in [0, 0.1) is 13.8 Å². The van der Waals surface area contributed by atoms with Crippen molar-refractivity contribution < 1.29 is 29.2 Å². The van der Waals surface area contributed by atoms with Crippen LogP contribution in [0.25, 0.3) is 22.3 Å². The number of rotatable bonds is 5. The van der Waals surface area contributed by atoms with E-state index < -0.39 is 18.4 Å². The van der Waals surface area contributed by atoms with E-state index in [1.807, 2.05) is 6.92 Å². The second-order valence-corrected chi connectivity index (χ2v) is 9.99. The van der Waals surface area contributed by atoms with Gasteiger partial charge >= 0.3 is 5.97 Å². The second-order valence-electron chi connectivity index (χ2n) is 9.99. The van der Waals surface area contributed by atoms with Gasteiger partial charge in [0.25, 0.3) is 11.1 Å². The standard InChI is InChI=1S/C14H18N4O4.C11H14N4O4/c1-4-9-10(21-8(3)19)5-11(22-9)18-6-15-12-13(18)16-7(2)17-14(12)20;1-5-13-10-9(11(18)14-5)12-4-15(10)8-2-6(17)7(3-16)19-8/h6,9-11H,4-5H2,1-3H3,(H,16,17,20);4,6-8,16-17H,2-3H2,1H3,(H,13,14,18)/t9-,10+,11?;6-,7+,8?/m10/s1. The number of aromatic amines is 2. The molecule has 41 heavy (non-hydrogen) atoms. The van der Waals surface area contributed by atoms with E-state index in [9.17, 15) is 19.5 Å². The van der Waals surface area contributed by atoms with E-state index in [0.717, 1.165) is 6.42 Å². The fraction of sp³-hybridized carbons (Fsp3) is 0.560. The molecule has 6 heterocycles. The number of aliphatic hydroxyl groups is 2. The molecule has 0 spiro atoms. The molecule has 4 aromatic heterocycles. The van der Waals surface area contributed by atoms with E-state index >= 15 is 0 Å². The van der Waals surface area contributed by atoms with Gasteiger partial charge < -0.3 is 34.4 Å². The van der Waals surface area contributed by atoms with Crippen molar-refractivity contribution in [2.75, 3.05) is 6.61 Å². The highest BCUT2D eigenvalue weighted by molar-refractivity contribution is 5.70. The first-order valence-electron chi connectivity index (χ1n) is 13.2. The van der Waals surface area contributed by atoms with Gasteiger partial charge in [0, 0.05) is 19.8 Å². The van der Waals surface area contributed by atoms with Crippen LogP contribution in [-0.4, -0.2) is 86.2 Å². The fourth-order valence-corrected chi connectivity index (χ4v) is 5.11. The summed E-state index contributed by atoms with van der Waals surface area (Å²) in [4.78, 5) is 56.7. The molecule has 2 saturated heterocycles. The zero-order valence-electron chi connectivity index (χ0n) is 23.0. The van der Waals surface area contributed by atoms with Crippen molar-refractivity contribution in [2.45, 2.75) is 83.8 Å². The lowest BCUT2D eigenvalue weighted by molar-refractivity contribution is -0.149. The van der Waals surface area contributed by atoms with Crippen LogP contribution in [0.1, 0.15) is 57.2 Å². The lowest BCUT2D eigenvalue weighted by Crippen LogP contribution is -2.25. The van der Waals surface area contributed by atoms with Crippen molar-refractivity contribution in [2.24, 2.45) is 0 Å². The van der Waals surface area contributed by atoms with Crippen LogP contribution < -0.4 is 11.1 Å². The van der Waals surface area contributed by atoms with Gasteiger partial charge in [0.2, 0.25) is 0 Å². The smallest absolute Gasteiger partial charge is 0.302 e. The number of hydrogen-bond donors (Lipinski definition) is 4. The van der Waals surface area contributed by atoms with Crippen LogP contribution >= 0.6 is 0 Å². The number of ether oxygens (including phenoxy) is 3. The number of carbonyl (C=O) groups excluding carboxylic acids is 1. The molecule has 6 rings (SSSR count). The third kappa shape index (κ3) is 5.63. The van der Waals surface area contributed by atoms with Gasteiger partial charge in [-0.1, -0.05) is 6.92 Å². The monoisotopic (exact) mass is 572 g/mol. The third-order valence-corrected chi connectivity index (χ3v) is 7.01. The van der Waals surface area contributed by atoms with E-state index in [1.54, 1.807) is 29.3 Å². The molecule has 4 aromatic rings. The Morgan fingerprint density at radius 1 is 0.976 bits per heavy atom. The molecule has 0 aromatic carbocycles. The first kappa shape index (κ1) is 28.5. The number of aryl methyl sites for hydroxylation is 2. The Balaban J connectivity index is 0.000000166. The summed E-state index contributed by atoms with van der Waals surface area (Å²) >= 11 is 0. The highest BCUT2D eigenvalue weighted by Gasteiger charge is 2.38. The van der Waals surface area contributed by atoms with E-state index in [1.165, 1.54) is 13.3 Å². The van der Waals surface area contributed by atoms with Crippen LogP contribution in [0.3, 0.4) is 0 Å². The molecule has 220 valence electrons. The summed E-state index contributed by atoms with van der Waals surface area (Å²) in [6.45, 7) is 6.50. The largest absolute Gasteiger partial charge is 0.460 e. The molecule has 2 aliphatic rings. The zero-order valence-corrected chi connectivity index (χ0v) is 23.0. The Morgan fingerprint density at radius 3 is 1.95 bits per heavy atom. The van der Waals surface area contributed by atoms with Gasteiger partial charge in [0.15, 0.2) is 22.3 Å². The molecule has 0 radical (unpaired) electrons. The van der Waals surface area contributed by atoms with Gasteiger partial charge in [-0.05, 0) is 20.3 Å². The van der Waals surface area contributed by atoms with Crippen molar-refractivity contribution in [1.29, 1.82) is 0 Å².